The van der Waals surface area contributed by atoms with Gasteiger partial charge in [-0.05, 0) is 30.9 Å². The van der Waals surface area contributed by atoms with Crippen LogP contribution >= 0.6 is 0 Å². The highest BCUT2D eigenvalue weighted by Crippen LogP contribution is 2.10. The van der Waals surface area contributed by atoms with Gasteiger partial charge < -0.3 is 0 Å². The van der Waals surface area contributed by atoms with E-state index in [0.29, 0.717) is 0 Å². The number of benzene rings is 2. The van der Waals surface area contributed by atoms with Crippen LogP contribution in [0.1, 0.15) is 27.0 Å². The standard InChI is InChI=1S/C16H16O/c1-13-3-2-4-15(11-13)8-5-14-6-9-16(12-17)10-7-14/h2-4,6-7,9-12H,5,8H2,1H3. The van der Waals surface area contributed by atoms with Crippen LogP contribution in [0, 0.1) is 6.92 Å². The Morgan fingerprint density at radius 2 is 1.65 bits per heavy atom. The lowest BCUT2D eigenvalue weighted by atomic mass is 10.0. The summed E-state index contributed by atoms with van der Waals surface area (Å²) in [5, 5.41) is 0. The molecule has 0 unspecified atom stereocenters. The van der Waals surface area contributed by atoms with Crippen molar-refractivity contribution in [2.75, 3.05) is 0 Å². The van der Waals surface area contributed by atoms with E-state index in [1.165, 1.54) is 16.7 Å². The van der Waals surface area contributed by atoms with E-state index < -0.39 is 0 Å². The van der Waals surface area contributed by atoms with Gasteiger partial charge in [0.15, 0.2) is 0 Å². The molecule has 0 bridgehead atoms. The molecular formula is C16H16O. The Morgan fingerprint density at radius 3 is 2.29 bits per heavy atom. The summed E-state index contributed by atoms with van der Waals surface area (Å²) in [6.07, 6.45) is 2.94. The predicted octanol–water partition coefficient (Wildman–Crippen LogP) is 3.59. The summed E-state index contributed by atoms with van der Waals surface area (Å²) in [7, 11) is 0. The molecule has 0 fully saturated rings. The molecule has 2 aromatic rings. The minimum absolute atomic E-state index is 0.740. The summed E-state index contributed by atoms with van der Waals surface area (Å²) >= 11 is 0. The van der Waals surface area contributed by atoms with E-state index in [2.05, 4.69) is 31.2 Å². The Labute approximate surface area is 102 Å². The van der Waals surface area contributed by atoms with Crippen molar-refractivity contribution in [2.45, 2.75) is 19.8 Å². The Bertz CT molecular complexity index is 497. The van der Waals surface area contributed by atoms with Crippen LogP contribution in [0.2, 0.25) is 0 Å². The van der Waals surface area contributed by atoms with Crippen LogP contribution in [-0.4, -0.2) is 6.29 Å². The van der Waals surface area contributed by atoms with Crippen LogP contribution in [0.4, 0.5) is 0 Å². The molecular weight excluding hydrogens is 208 g/mol. The smallest absolute Gasteiger partial charge is 0.150 e. The molecule has 17 heavy (non-hydrogen) atoms. The van der Waals surface area contributed by atoms with Gasteiger partial charge in [-0.3, -0.25) is 4.79 Å². The minimum Gasteiger partial charge on any atom is -0.298 e. The second kappa shape index (κ2) is 5.44. The van der Waals surface area contributed by atoms with Gasteiger partial charge in [0.05, 0.1) is 0 Å². The molecule has 0 spiro atoms. The number of aryl methyl sites for hydroxylation is 3. The van der Waals surface area contributed by atoms with Gasteiger partial charge in [0.25, 0.3) is 0 Å². The summed E-state index contributed by atoms with van der Waals surface area (Å²) in [5.41, 5.74) is 4.68. The molecule has 0 N–H and O–H groups in total. The molecule has 0 aliphatic rings. The van der Waals surface area contributed by atoms with Gasteiger partial charge in [-0.2, -0.15) is 0 Å². The van der Waals surface area contributed by atoms with E-state index in [0.717, 1.165) is 24.7 Å². The number of aldehydes is 1. The van der Waals surface area contributed by atoms with Crippen molar-refractivity contribution in [1.29, 1.82) is 0 Å². The first kappa shape index (κ1) is 11.6. The van der Waals surface area contributed by atoms with Gasteiger partial charge in [-0.15, -0.1) is 0 Å². The molecule has 0 heterocycles. The van der Waals surface area contributed by atoms with Gasteiger partial charge in [-0.1, -0.05) is 54.1 Å². The molecule has 0 aromatic heterocycles. The predicted molar refractivity (Wildman–Crippen MR) is 70.4 cm³/mol. The summed E-state index contributed by atoms with van der Waals surface area (Å²) in [5.74, 6) is 0. The maximum absolute atomic E-state index is 10.5. The number of carbonyl (C=O) groups excluding carboxylic acids is 1. The van der Waals surface area contributed by atoms with Crippen molar-refractivity contribution >= 4 is 6.29 Å². The first-order chi connectivity index (χ1) is 8.28. The first-order valence-corrected chi connectivity index (χ1v) is 5.87. The third kappa shape index (κ3) is 3.28. The van der Waals surface area contributed by atoms with Crippen LogP contribution in [0.25, 0.3) is 0 Å². The zero-order valence-electron chi connectivity index (χ0n) is 10.0. The zero-order chi connectivity index (χ0) is 12.1. The van der Waals surface area contributed by atoms with Gasteiger partial charge in [0.2, 0.25) is 0 Å². The van der Waals surface area contributed by atoms with E-state index in [4.69, 9.17) is 0 Å². The molecule has 0 radical (unpaired) electrons. The molecule has 1 nitrogen and oxygen atoms in total. The van der Waals surface area contributed by atoms with Crippen molar-refractivity contribution in [1.82, 2.24) is 0 Å². The normalized spacial score (nSPS) is 10.2. The summed E-state index contributed by atoms with van der Waals surface area (Å²) < 4.78 is 0. The average Bonchev–Trinajstić information content (AvgIpc) is 2.37. The third-order valence-electron chi connectivity index (χ3n) is 2.90. The quantitative estimate of drug-likeness (QED) is 0.725. The van der Waals surface area contributed by atoms with Gasteiger partial charge >= 0.3 is 0 Å². The van der Waals surface area contributed by atoms with Gasteiger partial charge in [0.1, 0.15) is 6.29 Å². The Kier molecular flexibility index (Phi) is 3.71. The van der Waals surface area contributed by atoms with Crippen molar-refractivity contribution in [3.63, 3.8) is 0 Å². The van der Waals surface area contributed by atoms with Crippen molar-refractivity contribution in [3.8, 4) is 0 Å². The second-order valence-electron chi connectivity index (χ2n) is 4.35. The van der Waals surface area contributed by atoms with E-state index in [9.17, 15) is 4.79 Å². The molecule has 1 heteroatoms. The molecule has 0 saturated heterocycles. The van der Waals surface area contributed by atoms with Crippen LogP contribution in [-0.2, 0) is 12.8 Å². The number of rotatable bonds is 4. The SMILES string of the molecule is Cc1cccc(CCc2ccc(C=O)cc2)c1. The van der Waals surface area contributed by atoms with E-state index >= 15 is 0 Å². The Balaban J connectivity index is 1.99. The van der Waals surface area contributed by atoms with Crippen LogP contribution in [0.3, 0.4) is 0 Å². The molecule has 2 rings (SSSR count). The van der Waals surface area contributed by atoms with E-state index in [1.807, 2.05) is 24.3 Å². The lowest BCUT2D eigenvalue weighted by Gasteiger charge is -2.03. The van der Waals surface area contributed by atoms with Crippen molar-refractivity contribution in [2.24, 2.45) is 0 Å². The van der Waals surface area contributed by atoms with Crippen molar-refractivity contribution < 1.29 is 4.79 Å². The van der Waals surface area contributed by atoms with Gasteiger partial charge in [-0.25, -0.2) is 0 Å². The molecule has 86 valence electrons. The largest absolute Gasteiger partial charge is 0.298 e. The number of hydrogen-bond donors (Lipinski definition) is 0. The molecule has 0 aliphatic heterocycles. The topological polar surface area (TPSA) is 17.1 Å². The first-order valence-electron chi connectivity index (χ1n) is 5.87. The number of hydrogen-bond acceptors (Lipinski definition) is 1. The molecule has 0 atom stereocenters. The lowest BCUT2D eigenvalue weighted by molar-refractivity contribution is 0.112. The molecule has 0 aliphatic carbocycles. The van der Waals surface area contributed by atoms with Crippen LogP contribution in [0.15, 0.2) is 48.5 Å². The number of carbonyl (C=O) groups is 1. The Morgan fingerprint density at radius 1 is 0.941 bits per heavy atom. The maximum Gasteiger partial charge on any atom is 0.150 e. The molecule has 0 amide bonds. The second-order valence-corrected chi connectivity index (χ2v) is 4.35. The molecule has 2 aromatic carbocycles. The monoisotopic (exact) mass is 224 g/mol. The van der Waals surface area contributed by atoms with Crippen LogP contribution < -0.4 is 0 Å². The van der Waals surface area contributed by atoms with Crippen molar-refractivity contribution in [3.05, 3.63) is 70.8 Å². The Hall–Kier alpha value is -1.89. The fraction of sp³-hybridized carbons (Fsp3) is 0.188. The average molecular weight is 224 g/mol. The zero-order valence-corrected chi connectivity index (χ0v) is 10.0. The summed E-state index contributed by atoms with van der Waals surface area (Å²) in [6.45, 7) is 2.11. The maximum atomic E-state index is 10.5. The highest BCUT2D eigenvalue weighted by molar-refractivity contribution is 5.74. The highest BCUT2D eigenvalue weighted by atomic mass is 16.1. The fourth-order valence-corrected chi connectivity index (χ4v) is 1.92. The van der Waals surface area contributed by atoms with Gasteiger partial charge in [0, 0.05) is 5.56 Å². The fourth-order valence-electron chi connectivity index (χ4n) is 1.92. The molecule has 0 saturated carbocycles. The summed E-state index contributed by atoms with van der Waals surface area (Å²) in [6, 6.07) is 16.4. The lowest BCUT2D eigenvalue weighted by Crippen LogP contribution is -1.92. The highest BCUT2D eigenvalue weighted by Gasteiger charge is 1.97. The third-order valence-corrected chi connectivity index (χ3v) is 2.90. The van der Waals surface area contributed by atoms with E-state index in [-0.39, 0.29) is 0 Å². The minimum atomic E-state index is 0.740. The van der Waals surface area contributed by atoms with Crippen LogP contribution in [0.5, 0.6) is 0 Å². The summed E-state index contributed by atoms with van der Waals surface area (Å²) in [4.78, 5) is 10.5. The van der Waals surface area contributed by atoms with E-state index in [1.54, 1.807) is 0 Å².